The molecule has 11 aromatic carbocycles. The monoisotopic (exact) mass is 837 g/mol. The van der Waals surface area contributed by atoms with Crippen molar-refractivity contribution in [3.63, 3.8) is 0 Å². The number of pyridine rings is 1. The Hall–Kier alpha value is -8.79. The van der Waals surface area contributed by atoms with Crippen LogP contribution in [0.3, 0.4) is 0 Å². The maximum Gasteiger partial charge on any atom is 0.160 e. The molecule has 0 aliphatic carbocycles. The largest absolute Gasteiger partial charge is 0.246 e. The molecule has 66 heavy (non-hydrogen) atoms. The van der Waals surface area contributed by atoms with Crippen LogP contribution in [0.1, 0.15) is 0 Å². The quantitative estimate of drug-likeness (QED) is 0.157. The summed E-state index contributed by atoms with van der Waals surface area (Å²) in [6.45, 7) is 0. The van der Waals surface area contributed by atoms with Gasteiger partial charge in [-0.25, -0.2) is 15.0 Å². The summed E-state index contributed by atoms with van der Waals surface area (Å²) in [7, 11) is 0. The molecular weight excluding hydrogens is 799 g/mol. The van der Waals surface area contributed by atoms with Gasteiger partial charge in [0.1, 0.15) is 0 Å². The van der Waals surface area contributed by atoms with Crippen LogP contribution in [-0.2, 0) is 0 Å². The van der Waals surface area contributed by atoms with Crippen molar-refractivity contribution in [1.29, 1.82) is 0 Å². The van der Waals surface area contributed by atoms with E-state index in [1.54, 1.807) is 0 Å². The number of fused-ring (bicyclic) bond motifs is 11. The molecule has 0 atom stereocenters. The van der Waals surface area contributed by atoms with Crippen molar-refractivity contribution >= 4 is 64.8 Å². The van der Waals surface area contributed by atoms with E-state index in [1.165, 1.54) is 54.0 Å². The van der Waals surface area contributed by atoms with E-state index in [2.05, 4.69) is 212 Å². The Morgan fingerprint density at radius 1 is 0.242 bits per heavy atom. The average Bonchev–Trinajstić information content (AvgIpc) is 3.40. The first-order valence-corrected chi connectivity index (χ1v) is 22.5. The maximum atomic E-state index is 5.67. The Labute approximate surface area is 382 Å². The van der Waals surface area contributed by atoms with Gasteiger partial charge in [0.2, 0.25) is 0 Å². The summed E-state index contributed by atoms with van der Waals surface area (Å²) in [6, 6.07) is 84.6. The van der Waals surface area contributed by atoms with Gasteiger partial charge in [-0.2, -0.15) is 0 Å². The lowest BCUT2D eigenvalue weighted by molar-refractivity contribution is 1.18. The van der Waals surface area contributed by atoms with Crippen molar-refractivity contribution in [2.75, 3.05) is 0 Å². The van der Waals surface area contributed by atoms with Crippen LogP contribution in [-0.4, -0.2) is 15.0 Å². The minimum Gasteiger partial charge on any atom is -0.246 e. The summed E-state index contributed by atoms with van der Waals surface area (Å²) in [4.78, 5) is 16.0. The Kier molecular flexibility index (Phi) is 8.85. The maximum absolute atomic E-state index is 5.67. The minimum absolute atomic E-state index is 0.689. The summed E-state index contributed by atoms with van der Waals surface area (Å²) in [5.41, 5.74) is 12.3. The zero-order chi connectivity index (χ0) is 43.6. The van der Waals surface area contributed by atoms with E-state index in [0.717, 1.165) is 72.3 Å². The number of hydrogen-bond donors (Lipinski definition) is 0. The number of hydrogen-bond acceptors (Lipinski definition) is 3. The Balaban J connectivity index is 0.983. The molecule has 0 N–H and O–H groups in total. The number of aromatic nitrogens is 3. The third-order valence-corrected chi connectivity index (χ3v) is 13.2. The first-order valence-electron chi connectivity index (χ1n) is 22.5. The lowest BCUT2D eigenvalue weighted by Gasteiger charge is -2.16. The SMILES string of the molecule is c1ccc(-c2cccc(-c3cc(-c4ccc(-c5nc6c(-c7ccc8c9ccccc9c9ccccc9c8c7)cccc6c6c5ccc5ccccc56)cc4)nc(-c4ccccc4)n3)c2)cc1. The van der Waals surface area contributed by atoms with Gasteiger partial charge in [0.15, 0.2) is 5.82 Å². The van der Waals surface area contributed by atoms with Crippen LogP contribution in [0.4, 0.5) is 0 Å². The van der Waals surface area contributed by atoms with Crippen molar-refractivity contribution < 1.29 is 0 Å². The second kappa shape index (κ2) is 15.5. The van der Waals surface area contributed by atoms with Crippen LogP contribution in [0.25, 0.3) is 132 Å². The summed E-state index contributed by atoms with van der Waals surface area (Å²) in [5, 5.41) is 13.5. The summed E-state index contributed by atoms with van der Waals surface area (Å²) in [5.74, 6) is 0.689. The fourth-order valence-corrected chi connectivity index (χ4v) is 10.1. The van der Waals surface area contributed by atoms with E-state index in [1.807, 2.05) is 24.3 Å². The van der Waals surface area contributed by atoms with E-state index in [4.69, 9.17) is 15.0 Å². The molecule has 13 aromatic rings. The van der Waals surface area contributed by atoms with Crippen LogP contribution in [0, 0.1) is 0 Å². The molecule has 3 heteroatoms. The zero-order valence-electron chi connectivity index (χ0n) is 35.9. The van der Waals surface area contributed by atoms with Crippen molar-refractivity contribution in [3.8, 4) is 67.4 Å². The molecule has 0 bridgehead atoms. The average molecular weight is 838 g/mol. The fraction of sp³-hybridized carbons (Fsp3) is 0. The Morgan fingerprint density at radius 2 is 0.758 bits per heavy atom. The van der Waals surface area contributed by atoms with Gasteiger partial charge in [0.25, 0.3) is 0 Å². The van der Waals surface area contributed by atoms with Gasteiger partial charge in [-0.05, 0) is 78.0 Å². The Morgan fingerprint density at radius 3 is 1.48 bits per heavy atom. The predicted molar refractivity (Wildman–Crippen MR) is 277 cm³/mol. The molecular formula is C63H39N3. The van der Waals surface area contributed by atoms with Crippen LogP contribution in [0.5, 0.6) is 0 Å². The highest BCUT2D eigenvalue weighted by atomic mass is 14.9. The van der Waals surface area contributed by atoms with E-state index in [0.29, 0.717) is 5.82 Å². The first kappa shape index (κ1) is 37.7. The topological polar surface area (TPSA) is 38.7 Å². The summed E-state index contributed by atoms with van der Waals surface area (Å²) < 4.78 is 0. The van der Waals surface area contributed by atoms with Gasteiger partial charge < -0.3 is 0 Å². The number of nitrogens with zero attached hydrogens (tertiary/aromatic N) is 3. The van der Waals surface area contributed by atoms with Crippen molar-refractivity contribution in [1.82, 2.24) is 15.0 Å². The molecule has 13 rings (SSSR count). The molecule has 0 unspecified atom stereocenters. The highest BCUT2D eigenvalue weighted by molar-refractivity contribution is 6.27. The van der Waals surface area contributed by atoms with Gasteiger partial charge in [-0.3, -0.25) is 0 Å². The van der Waals surface area contributed by atoms with E-state index >= 15 is 0 Å². The summed E-state index contributed by atoms with van der Waals surface area (Å²) >= 11 is 0. The lowest BCUT2D eigenvalue weighted by Crippen LogP contribution is -1.96. The molecule has 2 heterocycles. The van der Waals surface area contributed by atoms with Gasteiger partial charge in [-0.1, -0.05) is 218 Å². The molecule has 0 fully saturated rings. The third-order valence-electron chi connectivity index (χ3n) is 13.2. The van der Waals surface area contributed by atoms with Gasteiger partial charge in [0.05, 0.1) is 22.6 Å². The molecule has 0 aliphatic heterocycles. The second-order valence-corrected chi connectivity index (χ2v) is 17.1. The molecule has 0 saturated carbocycles. The van der Waals surface area contributed by atoms with E-state index in [9.17, 15) is 0 Å². The first-order chi connectivity index (χ1) is 32.7. The summed E-state index contributed by atoms with van der Waals surface area (Å²) in [6.07, 6.45) is 0. The molecule has 0 aliphatic rings. The molecule has 2 aromatic heterocycles. The van der Waals surface area contributed by atoms with Crippen molar-refractivity contribution in [3.05, 3.63) is 237 Å². The fourth-order valence-electron chi connectivity index (χ4n) is 10.1. The van der Waals surface area contributed by atoms with E-state index < -0.39 is 0 Å². The van der Waals surface area contributed by atoms with Gasteiger partial charge >= 0.3 is 0 Å². The number of rotatable bonds is 6. The molecule has 0 saturated heterocycles. The number of para-hydroxylation sites is 1. The van der Waals surface area contributed by atoms with Crippen LogP contribution < -0.4 is 0 Å². The second-order valence-electron chi connectivity index (χ2n) is 17.1. The van der Waals surface area contributed by atoms with Crippen LogP contribution in [0.2, 0.25) is 0 Å². The van der Waals surface area contributed by atoms with Gasteiger partial charge in [0, 0.05) is 44.0 Å². The molecule has 0 amide bonds. The normalized spacial score (nSPS) is 11.6. The van der Waals surface area contributed by atoms with Crippen molar-refractivity contribution in [2.45, 2.75) is 0 Å². The third kappa shape index (κ3) is 6.32. The smallest absolute Gasteiger partial charge is 0.160 e. The van der Waals surface area contributed by atoms with Crippen molar-refractivity contribution in [2.24, 2.45) is 0 Å². The predicted octanol–water partition coefficient (Wildman–Crippen LogP) is 16.8. The van der Waals surface area contributed by atoms with Crippen LogP contribution >= 0.6 is 0 Å². The number of benzene rings is 11. The Bertz CT molecular complexity index is 3990. The standard InChI is InChI=1S/C63H39N3/c1-3-15-40(16-4-1)45-20-13-21-47(37-45)59-39-58(64-63(65-59)44-18-5-2-6-19-44)42-29-31-43(32-30-42)61-56-36-33-41-17-7-8-22-48(41)60(56)55-28-14-27-49(62(55)66-61)46-34-35-54-52-25-10-9-23-50(52)51-24-11-12-26-53(51)57(54)38-46/h1-39H. The highest BCUT2D eigenvalue weighted by Crippen LogP contribution is 2.43. The molecule has 0 radical (unpaired) electrons. The molecule has 0 spiro atoms. The lowest BCUT2D eigenvalue weighted by atomic mass is 9.90. The van der Waals surface area contributed by atoms with Gasteiger partial charge in [-0.15, -0.1) is 0 Å². The highest BCUT2D eigenvalue weighted by Gasteiger charge is 2.18. The zero-order valence-corrected chi connectivity index (χ0v) is 35.9. The minimum atomic E-state index is 0.689. The van der Waals surface area contributed by atoms with Crippen LogP contribution in [0.15, 0.2) is 237 Å². The van der Waals surface area contributed by atoms with E-state index in [-0.39, 0.29) is 0 Å². The molecule has 3 nitrogen and oxygen atoms in total. The molecule has 306 valence electrons.